The Morgan fingerprint density at radius 3 is 2.63 bits per heavy atom. The van der Waals surface area contributed by atoms with Gasteiger partial charge in [0, 0.05) is 54.4 Å². The maximum atomic E-state index is 5.00. The minimum Gasteiger partial charge on any atom is -0.364 e. The lowest BCUT2D eigenvalue weighted by Gasteiger charge is -2.36. The van der Waals surface area contributed by atoms with Gasteiger partial charge in [0.1, 0.15) is 5.82 Å². The second-order valence-electron chi connectivity index (χ2n) is 8.71. The average Bonchev–Trinajstić information content (AvgIpc) is 3.50. The highest BCUT2D eigenvalue weighted by Gasteiger charge is 2.44. The summed E-state index contributed by atoms with van der Waals surface area (Å²) in [5.74, 6) is 0.881. The fourth-order valence-electron chi connectivity index (χ4n) is 4.81. The van der Waals surface area contributed by atoms with E-state index in [1.165, 1.54) is 12.0 Å². The topological polar surface area (TPSA) is 44.3 Å². The quantitative estimate of drug-likeness (QED) is 0.606. The van der Waals surface area contributed by atoms with Crippen molar-refractivity contribution in [2.75, 3.05) is 23.3 Å². The van der Waals surface area contributed by atoms with Gasteiger partial charge in [0.15, 0.2) is 5.13 Å². The summed E-state index contributed by atoms with van der Waals surface area (Å²) in [5.41, 5.74) is 3.40. The molecular formula is C24H29N5S. The van der Waals surface area contributed by atoms with Crippen molar-refractivity contribution in [1.29, 1.82) is 0 Å². The Morgan fingerprint density at radius 2 is 1.90 bits per heavy atom. The smallest absolute Gasteiger partial charge is 0.186 e. The maximum absolute atomic E-state index is 5.00. The Hall–Kier alpha value is -2.44. The molecule has 2 bridgehead atoms. The van der Waals surface area contributed by atoms with E-state index >= 15 is 0 Å². The lowest BCUT2D eigenvalue weighted by molar-refractivity contribution is 0.191. The highest BCUT2D eigenvalue weighted by molar-refractivity contribution is 7.14. The lowest BCUT2D eigenvalue weighted by Crippen LogP contribution is -2.48. The molecule has 0 aliphatic carbocycles. The minimum atomic E-state index is 0.198. The first-order valence-electron chi connectivity index (χ1n) is 10.8. The van der Waals surface area contributed by atoms with Gasteiger partial charge in [0.05, 0.1) is 5.69 Å². The predicted molar refractivity (Wildman–Crippen MR) is 125 cm³/mol. The van der Waals surface area contributed by atoms with Crippen molar-refractivity contribution in [3.8, 4) is 11.3 Å². The molecule has 2 saturated heterocycles. The Balaban J connectivity index is 1.30. The van der Waals surface area contributed by atoms with Crippen LogP contribution in [0, 0.1) is 0 Å². The number of nitrogens with zero attached hydrogens (tertiary/aromatic N) is 4. The number of piperazine rings is 1. The van der Waals surface area contributed by atoms with Crippen LogP contribution in [0.2, 0.25) is 0 Å². The van der Waals surface area contributed by atoms with Crippen molar-refractivity contribution in [3.05, 3.63) is 59.6 Å². The van der Waals surface area contributed by atoms with Gasteiger partial charge in [-0.2, -0.15) is 0 Å². The fourth-order valence-corrected chi connectivity index (χ4v) is 5.72. The summed E-state index contributed by atoms with van der Waals surface area (Å²) in [6.45, 7) is 9.04. The second-order valence-corrected chi connectivity index (χ2v) is 9.54. The standard InChI is InChI=1S/C24H29N5S/c1-16(2)28-13-21-12-20(28)14-29(21)24-27-22(15-30-24)19-9-10-25-23(11-19)26-17(3)18-7-5-4-6-8-18/h4-11,15-17,20-21H,12-14H2,1-3H3,(H,25,26)/t17-,20?,21?/m0/s1. The first-order chi connectivity index (χ1) is 14.6. The van der Waals surface area contributed by atoms with Gasteiger partial charge in [-0.1, -0.05) is 30.3 Å². The van der Waals surface area contributed by atoms with Crippen LogP contribution in [0.5, 0.6) is 0 Å². The molecule has 1 aromatic carbocycles. The summed E-state index contributed by atoms with van der Waals surface area (Å²) in [7, 11) is 0. The van der Waals surface area contributed by atoms with Gasteiger partial charge < -0.3 is 10.2 Å². The highest BCUT2D eigenvalue weighted by Crippen LogP contribution is 2.38. The molecule has 3 aromatic rings. The number of benzene rings is 1. The highest BCUT2D eigenvalue weighted by atomic mass is 32.1. The molecular weight excluding hydrogens is 390 g/mol. The number of pyridine rings is 1. The Labute approximate surface area is 182 Å². The van der Waals surface area contributed by atoms with Crippen molar-refractivity contribution in [2.24, 2.45) is 0 Å². The van der Waals surface area contributed by atoms with Crippen molar-refractivity contribution >= 4 is 22.3 Å². The molecule has 5 rings (SSSR count). The average molecular weight is 420 g/mol. The molecule has 2 unspecified atom stereocenters. The molecule has 2 aliphatic rings. The number of likely N-dealkylation sites (tertiary alicyclic amines) is 1. The summed E-state index contributed by atoms with van der Waals surface area (Å²) in [6.07, 6.45) is 3.14. The number of fused-ring (bicyclic) bond motifs is 2. The van der Waals surface area contributed by atoms with Gasteiger partial charge in [-0.25, -0.2) is 9.97 Å². The number of hydrogen-bond donors (Lipinski definition) is 1. The molecule has 2 aromatic heterocycles. The molecule has 0 radical (unpaired) electrons. The Kier molecular flexibility index (Phi) is 5.21. The normalized spacial score (nSPS) is 22.1. The van der Waals surface area contributed by atoms with Crippen molar-refractivity contribution < 1.29 is 0 Å². The summed E-state index contributed by atoms with van der Waals surface area (Å²) in [6, 6.07) is 16.7. The molecule has 30 heavy (non-hydrogen) atoms. The third-order valence-electron chi connectivity index (χ3n) is 6.40. The van der Waals surface area contributed by atoms with Crippen LogP contribution in [-0.2, 0) is 0 Å². The number of hydrogen-bond acceptors (Lipinski definition) is 6. The van der Waals surface area contributed by atoms with Gasteiger partial charge in [-0.3, -0.25) is 4.90 Å². The Bertz CT molecular complexity index is 1000. The van der Waals surface area contributed by atoms with Crippen LogP contribution in [0.15, 0.2) is 54.0 Å². The van der Waals surface area contributed by atoms with Crippen LogP contribution < -0.4 is 10.2 Å². The first-order valence-corrected chi connectivity index (χ1v) is 11.7. The number of aromatic nitrogens is 2. The number of anilines is 2. The maximum Gasteiger partial charge on any atom is 0.186 e. The van der Waals surface area contributed by atoms with Crippen LogP contribution >= 0.6 is 11.3 Å². The third kappa shape index (κ3) is 3.70. The third-order valence-corrected chi connectivity index (χ3v) is 7.28. The van der Waals surface area contributed by atoms with Crippen molar-refractivity contribution in [2.45, 2.75) is 51.4 Å². The van der Waals surface area contributed by atoms with E-state index in [4.69, 9.17) is 4.98 Å². The van der Waals surface area contributed by atoms with Gasteiger partial charge >= 0.3 is 0 Å². The largest absolute Gasteiger partial charge is 0.364 e. The summed E-state index contributed by atoms with van der Waals surface area (Å²) >= 11 is 1.76. The zero-order valence-corrected chi connectivity index (χ0v) is 18.6. The van der Waals surface area contributed by atoms with Crippen LogP contribution in [0.3, 0.4) is 0 Å². The van der Waals surface area contributed by atoms with E-state index in [-0.39, 0.29) is 6.04 Å². The molecule has 0 spiro atoms. The van der Waals surface area contributed by atoms with Crippen LogP contribution in [-0.4, -0.2) is 46.1 Å². The van der Waals surface area contributed by atoms with Crippen LogP contribution in [0.1, 0.15) is 38.8 Å². The SMILES string of the molecule is CC(C)N1CC2CC1CN2c1nc(-c2ccnc(N[C@@H](C)c3ccccc3)c2)cs1. The van der Waals surface area contributed by atoms with E-state index in [1.807, 2.05) is 18.3 Å². The number of nitrogens with one attached hydrogen (secondary N) is 1. The second kappa shape index (κ2) is 8.00. The number of thiazole rings is 1. The van der Waals surface area contributed by atoms with E-state index in [9.17, 15) is 0 Å². The van der Waals surface area contributed by atoms with E-state index in [2.05, 4.69) is 76.6 Å². The van der Waals surface area contributed by atoms with Crippen LogP contribution in [0.4, 0.5) is 10.9 Å². The first kappa shape index (κ1) is 19.5. The lowest BCUT2D eigenvalue weighted by atomic mass is 10.1. The van der Waals surface area contributed by atoms with Crippen LogP contribution in [0.25, 0.3) is 11.3 Å². The van der Waals surface area contributed by atoms with Gasteiger partial charge in [-0.05, 0) is 44.9 Å². The molecule has 3 atom stereocenters. The van der Waals surface area contributed by atoms with E-state index in [0.717, 1.165) is 35.3 Å². The fraction of sp³-hybridized carbons (Fsp3) is 0.417. The zero-order valence-electron chi connectivity index (χ0n) is 17.8. The van der Waals surface area contributed by atoms with E-state index < -0.39 is 0 Å². The molecule has 2 aliphatic heterocycles. The molecule has 0 amide bonds. The molecule has 2 fully saturated rings. The minimum absolute atomic E-state index is 0.198. The Morgan fingerprint density at radius 1 is 1.07 bits per heavy atom. The van der Waals surface area contributed by atoms with Crippen molar-refractivity contribution in [3.63, 3.8) is 0 Å². The molecule has 4 heterocycles. The van der Waals surface area contributed by atoms with Gasteiger partial charge in [0.2, 0.25) is 0 Å². The van der Waals surface area contributed by atoms with E-state index in [0.29, 0.717) is 18.1 Å². The van der Waals surface area contributed by atoms with E-state index in [1.54, 1.807) is 11.3 Å². The monoisotopic (exact) mass is 419 g/mol. The molecule has 6 heteroatoms. The summed E-state index contributed by atoms with van der Waals surface area (Å²) < 4.78 is 0. The summed E-state index contributed by atoms with van der Waals surface area (Å²) in [5, 5.41) is 6.86. The molecule has 0 saturated carbocycles. The molecule has 1 N–H and O–H groups in total. The summed E-state index contributed by atoms with van der Waals surface area (Å²) in [4.78, 5) is 14.7. The number of rotatable bonds is 6. The van der Waals surface area contributed by atoms with Crippen molar-refractivity contribution in [1.82, 2.24) is 14.9 Å². The molecule has 5 nitrogen and oxygen atoms in total. The molecule has 156 valence electrons. The zero-order chi connectivity index (χ0) is 20.7. The van der Waals surface area contributed by atoms with Gasteiger partial charge in [0.25, 0.3) is 0 Å². The predicted octanol–water partition coefficient (Wildman–Crippen LogP) is 5.05. The van der Waals surface area contributed by atoms with Gasteiger partial charge in [-0.15, -0.1) is 11.3 Å².